The van der Waals surface area contributed by atoms with Crippen LogP contribution in [0.4, 0.5) is 0 Å². The maximum atomic E-state index is 12.2. The van der Waals surface area contributed by atoms with Crippen molar-refractivity contribution in [3.8, 4) is 0 Å². The fourth-order valence-electron chi connectivity index (χ4n) is 1.46. The van der Waals surface area contributed by atoms with E-state index in [0.29, 0.717) is 0 Å². The Balaban J connectivity index is 2.69. The smallest absolute Gasteiger partial charge is 0.139 e. The lowest BCUT2D eigenvalue weighted by Gasteiger charge is -2.29. The largest absolute Gasteiger partial charge is 0.598 e. The molecular weight excluding hydrogens is 230 g/mol. The van der Waals surface area contributed by atoms with Gasteiger partial charge in [0.1, 0.15) is 4.75 Å². The van der Waals surface area contributed by atoms with E-state index in [1.165, 1.54) is 11.1 Å². The Morgan fingerprint density at radius 3 is 2.59 bits per heavy atom. The van der Waals surface area contributed by atoms with E-state index in [0.717, 1.165) is 6.42 Å². The molecule has 1 rings (SSSR count). The summed E-state index contributed by atoms with van der Waals surface area (Å²) in [7, 11) is 0. The quantitative estimate of drug-likeness (QED) is 0.815. The molecule has 2 nitrogen and oxygen atoms in total. The summed E-state index contributed by atoms with van der Waals surface area (Å²) < 4.78 is 15.2. The van der Waals surface area contributed by atoms with Crippen molar-refractivity contribution in [1.29, 1.82) is 0 Å². The highest BCUT2D eigenvalue weighted by Gasteiger charge is 2.31. The van der Waals surface area contributed by atoms with Gasteiger partial charge in [-0.3, -0.25) is 0 Å². The van der Waals surface area contributed by atoms with Gasteiger partial charge in [-0.15, -0.1) is 4.72 Å². The summed E-state index contributed by atoms with van der Waals surface area (Å²) in [6.45, 7) is 10.2. The molecule has 0 radical (unpaired) electrons. The van der Waals surface area contributed by atoms with Crippen molar-refractivity contribution in [3.63, 3.8) is 0 Å². The third-order valence-electron chi connectivity index (χ3n) is 3.18. The van der Waals surface area contributed by atoms with Crippen LogP contribution in [-0.2, 0) is 11.4 Å². The van der Waals surface area contributed by atoms with E-state index < -0.39 is 11.4 Å². The van der Waals surface area contributed by atoms with Crippen LogP contribution in [0.2, 0.25) is 0 Å². The molecule has 3 heteroatoms. The van der Waals surface area contributed by atoms with Crippen LogP contribution in [-0.4, -0.2) is 9.30 Å². The van der Waals surface area contributed by atoms with Gasteiger partial charge in [-0.25, -0.2) is 0 Å². The molecule has 0 amide bonds. The Morgan fingerprint density at radius 1 is 1.41 bits per heavy atom. The van der Waals surface area contributed by atoms with Crippen molar-refractivity contribution in [2.24, 2.45) is 0 Å². The average molecular weight is 253 g/mol. The number of aryl methyl sites for hydroxylation is 1. The molecule has 17 heavy (non-hydrogen) atoms. The molecule has 1 N–H and O–H groups in total. The van der Waals surface area contributed by atoms with Crippen molar-refractivity contribution >= 4 is 11.4 Å². The first-order valence-electron chi connectivity index (χ1n) is 6.11. The van der Waals surface area contributed by atoms with Crippen molar-refractivity contribution in [1.82, 2.24) is 4.72 Å². The molecule has 0 aliphatic carbocycles. The first-order chi connectivity index (χ1) is 7.86. The maximum Gasteiger partial charge on any atom is 0.139 e. The molecule has 0 aromatic heterocycles. The van der Waals surface area contributed by atoms with E-state index in [-0.39, 0.29) is 10.8 Å². The molecule has 0 saturated carbocycles. The minimum absolute atomic E-state index is 0.113. The zero-order chi connectivity index (χ0) is 13.1. The molecule has 0 spiro atoms. The molecule has 1 aromatic rings. The normalized spacial score (nSPS) is 15.6. The monoisotopic (exact) mass is 253 g/mol. The second-order valence-electron chi connectivity index (χ2n) is 5.14. The van der Waals surface area contributed by atoms with Crippen LogP contribution in [0.3, 0.4) is 0 Å². The van der Waals surface area contributed by atoms with E-state index in [9.17, 15) is 4.55 Å². The number of hydrogen-bond donors (Lipinski definition) is 1. The van der Waals surface area contributed by atoms with Gasteiger partial charge in [0.2, 0.25) is 0 Å². The van der Waals surface area contributed by atoms with Gasteiger partial charge in [0.25, 0.3) is 0 Å². The topological polar surface area (TPSA) is 35.1 Å². The van der Waals surface area contributed by atoms with Crippen LogP contribution < -0.4 is 4.72 Å². The summed E-state index contributed by atoms with van der Waals surface area (Å²) in [4.78, 5) is 0. The molecule has 1 unspecified atom stereocenters. The predicted molar refractivity (Wildman–Crippen MR) is 75.2 cm³/mol. The molecular formula is C14H23NOS. The number of nitrogens with one attached hydrogen (secondary N) is 1. The number of hydrogen-bond acceptors (Lipinski definition) is 2. The molecule has 0 heterocycles. The van der Waals surface area contributed by atoms with Crippen LogP contribution in [0.1, 0.15) is 51.3 Å². The van der Waals surface area contributed by atoms with Crippen LogP contribution in [0.25, 0.3) is 0 Å². The first-order valence-corrected chi connectivity index (χ1v) is 7.26. The molecule has 0 saturated heterocycles. The fraction of sp³-hybridized carbons (Fsp3) is 0.571. The Hall–Kier alpha value is -0.510. The summed E-state index contributed by atoms with van der Waals surface area (Å²) in [6.07, 6.45) is 0.896. The van der Waals surface area contributed by atoms with E-state index in [2.05, 4.69) is 43.7 Å². The summed E-state index contributed by atoms with van der Waals surface area (Å²) in [5, 5.41) is 0. The Bertz CT molecular complexity index is 365. The lowest BCUT2D eigenvalue weighted by molar-refractivity contribution is 0.512. The standard InChI is InChI=1S/C14H23NOS/c1-6-14(4,5)17(16)15-12(3)13-9-7-8-11(2)10-13/h7-10,12,15H,6H2,1-5H3/t12-,17?/m0/s1. The zero-order valence-electron chi connectivity index (χ0n) is 11.4. The van der Waals surface area contributed by atoms with Gasteiger partial charge in [0.15, 0.2) is 0 Å². The molecule has 1 aromatic carbocycles. The van der Waals surface area contributed by atoms with Crippen molar-refractivity contribution in [3.05, 3.63) is 35.4 Å². The molecule has 96 valence electrons. The Labute approximate surface area is 108 Å². The summed E-state index contributed by atoms with van der Waals surface area (Å²) >= 11 is -1.02. The minimum Gasteiger partial charge on any atom is -0.598 e. The average Bonchev–Trinajstić information content (AvgIpc) is 2.28. The van der Waals surface area contributed by atoms with Crippen molar-refractivity contribution < 1.29 is 4.55 Å². The molecule has 0 bridgehead atoms. The van der Waals surface area contributed by atoms with E-state index in [4.69, 9.17) is 0 Å². The van der Waals surface area contributed by atoms with Gasteiger partial charge < -0.3 is 4.55 Å². The van der Waals surface area contributed by atoms with Gasteiger partial charge in [-0.05, 0) is 39.7 Å². The van der Waals surface area contributed by atoms with Gasteiger partial charge in [-0.1, -0.05) is 36.8 Å². The second kappa shape index (κ2) is 5.89. The van der Waals surface area contributed by atoms with Gasteiger partial charge >= 0.3 is 0 Å². The van der Waals surface area contributed by atoms with Crippen molar-refractivity contribution in [2.45, 2.75) is 51.8 Å². The van der Waals surface area contributed by atoms with Gasteiger partial charge in [0, 0.05) is 11.4 Å². The molecule has 0 fully saturated rings. The third-order valence-corrected chi connectivity index (χ3v) is 5.04. The molecule has 0 aliphatic heterocycles. The lowest BCUT2D eigenvalue weighted by atomic mass is 10.1. The zero-order valence-corrected chi connectivity index (χ0v) is 12.2. The van der Waals surface area contributed by atoms with Gasteiger partial charge in [0.05, 0.1) is 6.04 Å². The van der Waals surface area contributed by atoms with Crippen LogP contribution >= 0.6 is 0 Å². The maximum absolute atomic E-state index is 12.2. The van der Waals surface area contributed by atoms with E-state index in [1.807, 2.05) is 19.9 Å². The lowest BCUT2D eigenvalue weighted by Crippen LogP contribution is -2.42. The summed E-state index contributed by atoms with van der Waals surface area (Å²) in [5.41, 5.74) is 2.42. The predicted octanol–water partition coefficient (Wildman–Crippen LogP) is 3.50. The highest BCUT2D eigenvalue weighted by atomic mass is 32.2. The van der Waals surface area contributed by atoms with Crippen LogP contribution in [0.5, 0.6) is 0 Å². The van der Waals surface area contributed by atoms with Gasteiger partial charge in [-0.2, -0.15) is 0 Å². The highest BCUT2D eigenvalue weighted by molar-refractivity contribution is 7.90. The number of benzene rings is 1. The van der Waals surface area contributed by atoms with E-state index >= 15 is 0 Å². The molecule has 0 aliphatic rings. The number of rotatable bonds is 5. The van der Waals surface area contributed by atoms with Crippen LogP contribution in [0.15, 0.2) is 24.3 Å². The molecule has 2 atom stereocenters. The Kier molecular flexibility index (Phi) is 5.04. The van der Waals surface area contributed by atoms with E-state index in [1.54, 1.807) is 0 Å². The second-order valence-corrected chi connectivity index (χ2v) is 7.01. The summed E-state index contributed by atoms with van der Waals surface area (Å²) in [5.74, 6) is 0. The van der Waals surface area contributed by atoms with Crippen LogP contribution in [0, 0.1) is 6.92 Å². The highest BCUT2D eigenvalue weighted by Crippen LogP contribution is 2.23. The SMILES string of the molecule is CCC(C)(C)[S+]([O-])N[C@@H](C)c1cccc(C)c1. The minimum atomic E-state index is -1.02. The van der Waals surface area contributed by atoms with Crippen molar-refractivity contribution in [2.75, 3.05) is 0 Å². The summed E-state index contributed by atoms with van der Waals surface area (Å²) in [6, 6.07) is 8.43. The Morgan fingerprint density at radius 2 is 2.06 bits per heavy atom. The first kappa shape index (κ1) is 14.6. The third kappa shape index (κ3) is 4.02. The fourth-order valence-corrected chi connectivity index (χ4v) is 2.50.